The first-order chi connectivity index (χ1) is 9.80. The number of hydrogen-bond donors (Lipinski definition) is 1. The van der Waals surface area contributed by atoms with E-state index in [9.17, 15) is 9.18 Å². The van der Waals surface area contributed by atoms with Gasteiger partial charge < -0.3 is 5.11 Å². The fourth-order valence-electron chi connectivity index (χ4n) is 2.06. The lowest BCUT2D eigenvalue weighted by atomic mass is 9.84. The average molecular weight is 293 g/mol. The van der Waals surface area contributed by atoms with E-state index in [0.717, 1.165) is 6.20 Å². The van der Waals surface area contributed by atoms with Crippen LogP contribution in [0.1, 0.15) is 33.2 Å². The predicted molar refractivity (Wildman–Crippen MR) is 71.8 cm³/mol. The van der Waals surface area contributed by atoms with Crippen LogP contribution < -0.4 is 0 Å². The van der Waals surface area contributed by atoms with Gasteiger partial charge in [-0.2, -0.15) is 0 Å². The van der Waals surface area contributed by atoms with Gasteiger partial charge in [0.25, 0.3) is 0 Å². The largest absolute Gasteiger partial charge is 0.481 e. The monoisotopic (exact) mass is 293 g/mol. The third-order valence-corrected chi connectivity index (χ3v) is 3.17. The Hall–Kier alpha value is -2.38. The van der Waals surface area contributed by atoms with E-state index in [-0.39, 0.29) is 17.8 Å². The molecule has 0 aliphatic carbocycles. The maximum atomic E-state index is 13.9. The zero-order valence-corrected chi connectivity index (χ0v) is 12.0. The molecule has 2 aromatic rings. The van der Waals surface area contributed by atoms with Gasteiger partial charge in [-0.1, -0.05) is 20.8 Å². The molecule has 0 fully saturated rings. The summed E-state index contributed by atoms with van der Waals surface area (Å²) in [5, 5.41) is 20.3. The number of tetrazole rings is 1. The minimum absolute atomic E-state index is 0.158. The van der Waals surface area contributed by atoms with Crippen molar-refractivity contribution in [2.75, 3.05) is 0 Å². The fraction of sp³-hybridized carbons (Fsp3) is 0.462. The number of carboxylic acids is 1. The molecule has 2 aromatic heterocycles. The van der Waals surface area contributed by atoms with Crippen molar-refractivity contribution in [3.8, 4) is 11.4 Å². The Morgan fingerprint density at radius 1 is 1.48 bits per heavy atom. The van der Waals surface area contributed by atoms with Crippen LogP contribution in [0.5, 0.6) is 0 Å². The lowest BCUT2D eigenvalue weighted by Crippen LogP contribution is -2.28. The summed E-state index contributed by atoms with van der Waals surface area (Å²) in [6.45, 7) is 5.65. The third kappa shape index (κ3) is 3.21. The Kier molecular flexibility index (Phi) is 3.97. The molecule has 0 aliphatic rings. The van der Waals surface area contributed by atoms with Crippen LogP contribution in [0.15, 0.2) is 18.5 Å². The van der Waals surface area contributed by atoms with Crippen molar-refractivity contribution in [2.45, 2.75) is 33.2 Å². The Bertz CT molecular complexity index is 650. The van der Waals surface area contributed by atoms with Crippen molar-refractivity contribution in [3.63, 3.8) is 0 Å². The Morgan fingerprint density at radius 3 is 2.76 bits per heavy atom. The van der Waals surface area contributed by atoms with Crippen LogP contribution in [0.2, 0.25) is 0 Å². The molecule has 2 heterocycles. The van der Waals surface area contributed by atoms with E-state index >= 15 is 0 Å². The average Bonchev–Trinajstić information content (AvgIpc) is 2.83. The van der Waals surface area contributed by atoms with Crippen molar-refractivity contribution in [1.29, 1.82) is 0 Å². The minimum Gasteiger partial charge on any atom is -0.481 e. The second-order valence-corrected chi connectivity index (χ2v) is 5.78. The number of rotatable bonds is 4. The molecule has 1 N–H and O–H groups in total. The van der Waals surface area contributed by atoms with Gasteiger partial charge in [-0.05, 0) is 21.9 Å². The van der Waals surface area contributed by atoms with E-state index in [1.807, 2.05) is 20.8 Å². The van der Waals surface area contributed by atoms with Crippen LogP contribution >= 0.6 is 0 Å². The number of pyridine rings is 1. The Morgan fingerprint density at radius 2 is 2.19 bits per heavy atom. The zero-order chi connectivity index (χ0) is 15.6. The van der Waals surface area contributed by atoms with Crippen molar-refractivity contribution < 1.29 is 14.3 Å². The normalized spacial score (nSPS) is 13.1. The number of halogens is 1. The summed E-state index contributed by atoms with van der Waals surface area (Å²) in [6.07, 6.45) is 2.34. The Labute approximate surface area is 120 Å². The molecule has 0 bridgehead atoms. The van der Waals surface area contributed by atoms with E-state index in [4.69, 9.17) is 5.11 Å². The second kappa shape index (κ2) is 5.55. The molecule has 0 radical (unpaired) electrons. The highest BCUT2D eigenvalue weighted by Crippen LogP contribution is 2.35. The first-order valence-electron chi connectivity index (χ1n) is 6.40. The van der Waals surface area contributed by atoms with Crippen LogP contribution in [-0.4, -0.2) is 36.3 Å². The summed E-state index contributed by atoms with van der Waals surface area (Å²) >= 11 is 0. The van der Waals surface area contributed by atoms with Crippen LogP contribution in [0.25, 0.3) is 11.4 Å². The summed E-state index contributed by atoms with van der Waals surface area (Å²) in [5.41, 5.74) is -0.221. The molecule has 0 aliphatic heterocycles. The smallest absolute Gasteiger partial charge is 0.305 e. The van der Waals surface area contributed by atoms with Gasteiger partial charge in [0, 0.05) is 6.20 Å². The van der Waals surface area contributed by atoms with Crippen molar-refractivity contribution in [1.82, 2.24) is 25.2 Å². The molecule has 112 valence electrons. The fourth-order valence-corrected chi connectivity index (χ4v) is 2.06. The van der Waals surface area contributed by atoms with Gasteiger partial charge in [-0.3, -0.25) is 9.78 Å². The molecule has 0 aromatic carbocycles. The summed E-state index contributed by atoms with van der Waals surface area (Å²) in [7, 11) is 0. The topological polar surface area (TPSA) is 93.8 Å². The first kappa shape index (κ1) is 15.0. The number of aromatic nitrogens is 5. The van der Waals surface area contributed by atoms with Crippen LogP contribution in [-0.2, 0) is 4.79 Å². The molecular weight excluding hydrogens is 277 g/mol. The van der Waals surface area contributed by atoms with Crippen LogP contribution in [0, 0.1) is 11.2 Å². The predicted octanol–water partition coefficient (Wildman–Crippen LogP) is 1.94. The molecular formula is C13H16FN5O2. The van der Waals surface area contributed by atoms with Gasteiger partial charge in [-0.15, -0.1) is 5.10 Å². The summed E-state index contributed by atoms with van der Waals surface area (Å²) in [5.74, 6) is -1.33. The van der Waals surface area contributed by atoms with E-state index in [1.54, 1.807) is 0 Å². The summed E-state index contributed by atoms with van der Waals surface area (Å²) in [6, 6.07) is 0.949. The minimum atomic E-state index is -0.966. The molecule has 1 atom stereocenters. The molecule has 0 saturated heterocycles. The van der Waals surface area contributed by atoms with Gasteiger partial charge in [-0.25, -0.2) is 9.07 Å². The number of nitrogens with zero attached hydrogens (tertiary/aromatic N) is 5. The van der Waals surface area contributed by atoms with Gasteiger partial charge in [0.15, 0.2) is 11.6 Å². The summed E-state index contributed by atoms with van der Waals surface area (Å²) in [4.78, 5) is 14.8. The first-order valence-corrected chi connectivity index (χ1v) is 6.40. The van der Waals surface area contributed by atoms with Gasteiger partial charge in [0.2, 0.25) is 0 Å². The maximum absolute atomic E-state index is 13.9. The lowest BCUT2D eigenvalue weighted by Gasteiger charge is -2.29. The van der Waals surface area contributed by atoms with Crippen LogP contribution in [0.4, 0.5) is 4.39 Å². The lowest BCUT2D eigenvalue weighted by molar-refractivity contribution is -0.138. The van der Waals surface area contributed by atoms with E-state index < -0.39 is 23.2 Å². The van der Waals surface area contributed by atoms with E-state index in [1.165, 1.54) is 16.9 Å². The second-order valence-electron chi connectivity index (χ2n) is 5.78. The van der Waals surface area contributed by atoms with Crippen molar-refractivity contribution in [3.05, 3.63) is 24.3 Å². The van der Waals surface area contributed by atoms with Gasteiger partial charge >= 0.3 is 5.97 Å². The van der Waals surface area contributed by atoms with E-state index in [0.29, 0.717) is 0 Å². The van der Waals surface area contributed by atoms with Crippen molar-refractivity contribution in [2.24, 2.45) is 5.41 Å². The molecule has 1 unspecified atom stereocenters. The highest BCUT2D eigenvalue weighted by Gasteiger charge is 2.32. The zero-order valence-electron chi connectivity index (χ0n) is 12.0. The molecule has 21 heavy (non-hydrogen) atoms. The summed E-state index contributed by atoms with van der Waals surface area (Å²) < 4.78 is 15.2. The standard InChI is InChI=1S/C13H16FN5O2/c1-13(2,3)10(6-11(20)21)19-12(16-17-18-19)8-4-5-15-7-9(8)14/h4-5,7,10H,6H2,1-3H3,(H,20,21). The molecule has 8 heteroatoms. The van der Waals surface area contributed by atoms with Crippen LogP contribution in [0.3, 0.4) is 0 Å². The molecule has 0 spiro atoms. The van der Waals surface area contributed by atoms with E-state index in [2.05, 4.69) is 20.5 Å². The van der Waals surface area contributed by atoms with Gasteiger partial charge in [0.05, 0.1) is 24.2 Å². The number of hydrogen-bond acceptors (Lipinski definition) is 5. The highest BCUT2D eigenvalue weighted by atomic mass is 19.1. The molecule has 2 rings (SSSR count). The molecule has 7 nitrogen and oxygen atoms in total. The molecule has 0 saturated carbocycles. The van der Waals surface area contributed by atoms with Crippen molar-refractivity contribution >= 4 is 5.97 Å². The molecule has 0 amide bonds. The van der Waals surface area contributed by atoms with Gasteiger partial charge in [0.1, 0.15) is 0 Å². The quantitative estimate of drug-likeness (QED) is 0.925. The third-order valence-electron chi connectivity index (χ3n) is 3.17. The maximum Gasteiger partial charge on any atom is 0.305 e. The number of aliphatic carboxylic acids is 1. The highest BCUT2D eigenvalue weighted by molar-refractivity contribution is 5.67. The Balaban J connectivity index is 2.52. The number of carboxylic acid groups (broad SMARTS) is 1. The SMILES string of the molecule is CC(C)(C)C(CC(=O)O)n1nnnc1-c1ccncc1F. The number of carbonyl (C=O) groups is 1.